The molecule has 0 radical (unpaired) electrons. The fourth-order valence-electron chi connectivity index (χ4n) is 3.37. The highest BCUT2D eigenvalue weighted by Crippen LogP contribution is 2.23. The minimum absolute atomic E-state index is 0.116. The summed E-state index contributed by atoms with van der Waals surface area (Å²) in [5.41, 5.74) is 3.46. The van der Waals surface area contributed by atoms with Crippen LogP contribution in [0.15, 0.2) is 85.1 Å². The van der Waals surface area contributed by atoms with Gasteiger partial charge in [-0.3, -0.25) is 9.78 Å². The molecule has 3 heterocycles. The maximum absolute atomic E-state index is 12.4. The molecule has 0 aliphatic rings. The van der Waals surface area contributed by atoms with E-state index < -0.39 is 0 Å². The van der Waals surface area contributed by atoms with Gasteiger partial charge in [0.25, 0.3) is 5.91 Å². The van der Waals surface area contributed by atoms with Crippen molar-refractivity contribution in [3.8, 4) is 34.3 Å². The van der Waals surface area contributed by atoms with Gasteiger partial charge in [0.05, 0.1) is 12.8 Å². The number of benzene rings is 2. The van der Waals surface area contributed by atoms with Crippen LogP contribution < -0.4 is 14.8 Å². The lowest BCUT2D eigenvalue weighted by atomic mass is 10.1. The van der Waals surface area contributed by atoms with Crippen molar-refractivity contribution in [3.05, 3.63) is 85.1 Å². The van der Waals surface area contributed by atoms with Crippen LogP contribution in [0.4, 0.5) is 5.69 Å². The summed E-state index contributed by atoms with van der Waals surface area (Å²) >= 11 is 0. The number of amides is 1. The van der Waals surface area contributed by atoms with E-state index in [1.165, 1.54) is 0 Å². The van der Waals surface area contributed by atoms with E-state index in [4.69, 9.17) is 14.6 Å². The summed E-state index contributed by atoms with van der Waals surface area (Å²) in [5, 5.41) is 15.9. The van der Waals surface area contributed by atoms with Gasteiger partial charge in [0.1, 0.15) is 17.2 Å². The molecule has 2 aromatic carbocycles. The number of hydrogen-bond acceptors (Lipinski definition) is 7. The highest BCUT2D eigenvalue weighted by atomic mass is 16.5. The molecule has 168 valence electrons. The van der Waals surface area contributed by atoms with Crippen molar-refractivity contribution in [3.63, 3.8) is 0 Å². The number of carbonyl (C=O) groups is 1. The van der Waals surface area contributed by atoms with Gasteiger partial charge in [-0.1, -0.05) is 18.2 Å². The molecule has 0 fully saturated rings. The minimum atomic E-state index is -0.271. The molecule has 0 aliphatic heterocycles. The second-order valence-corrected chi connectivity index (χ2v) is 7.32. The Labute approximate surface area is 195 Å². The maximum atomic E-state index is 12.4. The average Bonchev–Trinajstić information content (AvgIpc) is 3.32. The fourth-order valence-corrected chi connectivity index (χ4v) is 3.37. The highest BCUT2D eigenvalue weighted by molar-refractivity contribution is 5.92. The summed E-state index contributed by atoms with van der Waals surface area (Å²) in [6.07, 6.45) is 1.70. The third-order valence-electron chi connectivity index (χ3n) is 5.03. The second-order valence-electron chi connectivity index (χ2n) is 7.32. The molecule has 9 nitrogen and oxygen atoms in total. The lowest BCUT2D eigenvalue weighted by Crippen LogP contribution is -2.20. The van der Waals surface area contributed by atoms with Crippen LogP contribution in [0.3, 0.4) is 0 Å². The molecule has 0 saturated carbocycles. The van der Waals surface area contributed by atoms with Crippen molar-refractivity contribution >= 4 is 17.2 Å². The zero-order valence-electron chi connectivity index (χ0n) is 18.3. The standard InChI is InChI=1S/C25H20N6O3/c1-33-19-8-10-20(11-9-19)34-16-24(32)27-18-6-4-5-17(15-18)21-12-13-23-28-29-25(31(23)30-21)22-7-2-3-14-26-22/h2-15H,16H2,1H3,(H,27,32). The highest BCUT2D eigenvalue weighted by Gasteiger charge is 2.12. The average molecular weight is 452 g/mol. The number of carbonyl (C=O) groups excluding carboxylic acids is 1. The summed E-state index contributed by atoms with van der Waals surface area (Å²) < 4.78 is 12.3. The van der Waals surface area contributed by atoms with E-state index in [0.717, 1.165) is 11.3 Å². The molecular formula is C25H20N6O3. The quantitative estimate of drug-likeness (QED) is 0.400. The van der Waals surface area contributed by atoms with Crippen LogP contribution in [0.5, 0.6) is 11.5 Å². The van der Waals surface area contributed by atoms with E-state index in [-0.39, 0.29) is 12.5 Å². The number of fused-ring (bicyclic) bond motifs is 1. The van der Waals surface area contributed by atoms with E-state index in [1.54, 1.807) is 42.1 Å². The Balaban J connectivity index is 1.32. The molecule has 34 heavy (non-hydrogen) atoms. The molecule has 0 aliphatic carbocycles. The van der Waals surface area contributed by atoms with E-state index in [2.05, 4.69) is 20.5 Å². The first-order chi connectivity index (χ1) is 16.7. The first kappa shape index (κ1) is 21.1. The van der Waals surface area contributed by atoms with Crippen molar-refractivity contribution in [2.24, 2.45) is 0 Å². The largest absolute Gasteiger partial charge is 0.497 e. The normalized spacial score (nSPS) is 10.7. The number of anilines is 1. The third-order valence-corrected chi connectivity index (χ3v) is 5.03. The van der Waals surface area contributed by atoms with Gasteiger partial charge in [-0.2, -0.15) is 9.61 Å². The van der Waals surface area contributed by atoms with E-state index in [9.17, 15) is 4.79 Å². The smallest absolute Gasteiger partial charge is 0.262 e. The SMILES string of the molecule is COc1ccc(OCC(=O)Nc2cccc(-c3ccc4nnc(-c5ccccn5)n4n3)c2)cc1. The predicted octanol–water partition coefficient (Wildman–Crippen LogP) is 3.88. The zero-order valence-corrected chi connectivity index (χ0v) is 18.3. The van der Waals surface area contributed by atoms with Crippen LogP contribution >= 0.6 is 0 Å². The summed E-state index contributed by atoms with van der Waals surface area (Å²) in [4.78, 5) is 16.7. The van der Waals surface area contributed by atoms with Crippen LogP contribution in [-0.4, -0.2) is 44.4 Å². The Bertz CT molecular complexity index is 1430. The van der Waals surface area contributed by atoms with Crippen LogP contribution in [0.1, 0.15) is 0 Å². The Morgan fingerprint density at radius 1 is 0.912 bits per heavy atom. The van der Waals surface area contributed by atoms with Gasteiger partial charge in [-0.25, -0.2) is 0 Å². The summed E-state index contributed by atoms with van der Waals surface area (Å²) in [7, 11) is 1.59. The van der Waals surface area contributed by atoms with Gasteiger partial charge in [-0.05, 0) is 60.7 Å². The Kier molecular flexibility index (Phi) is 5.81. The van der Waals surface area contributed by atoms with Crippen LogP contribution in [0, 0.1) is 0 Å². The van der Waals surface area contributed by atoms with E-state index >= 15 is 0 Å². The predicted molar refractivity (Wildman–Crippen MR) is 127 cm³/mol. The summed E-state index contributed by atoms with van der Waals surface area (Å²) in [6.45, 7) is -0.116. The number of aromatic nitrogens is 5. The van der Waals surface area contributed by atoms with Gasteiger partial charge in [0, 0.05) is 17.4 Å². The van der Waals surface area contributed by atoms with Crippen molar-refractivity contribution in [1.29, 1.82) is 0 Å². The molecule has 0 atom stereocenters. The van der Waals surface area contributed by atoms with Gasteiger partial charge < -0.3 is 14.8 Å². The summed E-state index contributed by atoms with van der Waals surface area (Å²) in [5.74, 6) is 1.59. The van der Waals surface area contributed by atoms with Gasteiger partial charge in [0.15, 0.2) is 12.3 Å². The molecule has 5 aromatic rings. The van der Waals surface area contributed by atoms with Crippen LogP contribution in [0.25, 0.3) is 28.4 Å². The number of nitrogens with zero attached hydrogens (tertiary/aromatic N) is 5. The van der Waals surface area contributed by atoms with Gasteiger partial charge in [0.2, 0.25) is 5.82 Å². The topological polar surface area (TPSA) is 104 Å². The number of ether oxygens (including phenoxy) is 2. The number of nitrogens with one attached hydrogen (secondary N) is 1. The van der Waals surface area contributed by atoms with E-state index in [0.29, 0.717) is 34.3 Å². The number of methoxy groups -OCH3 is 1. The molecule has 0 spiro atoms. The molecule has 0 bridgehead atoms. The molecular weight excluding hydrogens is 432 g/mol. The first-order valence-electron chi connectivity index (χ1n) is 10.5. The molecule has 0 unspecified atom stereocenters. The van der Waals surface area contributed by atoms with Crippen molar-refractivity contribution in [2.75, 3.05) is 19.0 Å². The van der Waals surface area contributed by atoms with Gasteiger partial charge in [-0.15, -0.1) is 10.2 Å². The number of rotatable bonds is 7. The lowest BCUT2D eigenvalue weighted by Gasteiger charge is -2.09. The molecule has 1 N–H and O–H groups in total. The van der Waals surface area contributed by atoms with Crippen LogP contribution in [-0.2, 0) is 4.79 Å². The molecule has 0 saturated heterocycles. The third kappa shape index (κ3) is 4.53. The van der Waals surface area contributed by atoms with Crippen molar-refractivity contribution in [1.82, 2.24) is 24.8 Å². The fraction of sp³-hybridized carbons (Fsp3) is 0.0800. The Morgan fingerprint density at radius 2 is 1.76 bits per heavy atom. The maximum Gasteiger partial charge on any atom is 0.262 e. The minimum Gasteiger partial charge on any atom is -0.497 e. The lowest BCUT2D eigenvalue weighted by molar-refractivity contribution is -0.118. The van der Waals surface area contributed by atoms with Crippen molar-refractivity contribution < 1.29 is 14.3 Å². The monoisotopic (exact) mass is 452 g/mol. The number of hydrogen-bond donors (Lipinski definition) is 1. The Morgan fingerprint density at radius 3 is 2.56 bits per heavy atom. The van der Waals surface area contributed by atoms with Gasteiger partial charge >= 0.3 is 0 Å². The number of pyridine rings is 1. The Hall–Kier alpha value is -4.79. The molecule has 3 aromatic heterocycles. The van der Waals surface area contributed by atoms with Crippen molar-refractivity contribution in [2.45, 2.75) is 0 Å². The second kappa shape index (κ2) is 9.37. The first-order valence-corrected chi connectivity index (χ1v) is 10.5. The van der Waals surface area contributed by atoms with Crippen LogP contribution in [0.2, 0.25) is 0 Å². The molecule has 9 heteroatoms. The molecule has 5 rings (SSSR count). The molecule has 1 amide bonds. The summed E-state index contributed by atoms with van der Waals surface area (Å²) in [6, 6.07) is 23.8. The zero-order chi connectivity index (χ0) is 23.3. The van der Waals surface area contributed by atoms with E-state index in [1.807, 2.05) is 54.6 Å².